The lowest BCUT2D eigenvalue weighted by molar-refractivity contribution is -0.0480. The van der Waals surface area contributed by atoms with E-state index in [4.69, 9.17) is 10.5 Å². The number of benzene rings is 1. The smallest absolute Gasteiger partial charge is 0.129 e. The van der Waals surface area contributed by atoms with Crippen molar-refractivity contribution in [2.24, 2.45) is 17.6 Å². The minimum absolute atomic E-state index is 0.236. The second-order valence-electron chi connectivity index (χ2n) is 7.44. The Morgan fingerprint density at radius 1 is 1.21 bits per heavy atom. The van der Waals surface area contributed by atoms with E-state index in [2.05, 4.69) is 10.2 Å². The number of nitrogens with two attached hydrogens (primary N) is 1. The molecule has 0 spiro atoms. The molecule has 4 nitrogen and oxygen atoms in total. The normalized spacial score (nSPS) is 37.4. The van der Waals surface area contributed by atoms with Gasteiger partial charge in [-0.3, -0.25) is 4.90 Å². The molecule has 3 saturated heterocycles. The van der Waals surface area contributed by atoms with Crippen LogP contribution in [0.25, 0.3) is 0 Å². The fraction of sp³-hybridized carbons (Fsp3) is 0.667. The summed E-state index contributed by atoms with van der Waals surface area (Å²) in [5.41, 5.74) is 6.52. The van der Waals surface area contributed by atoms with Crippen LogP contribution in [0.3, 0.4) is 0 Å². The zero-order valence-electron chi connectivity index (χ0n) is 13.8. The van der Waals surface area contributed by atoms with Gasteiger partial charge in [0.1, 0.15) is 17.7 Å². The number of rotatable bonds is 2. The number of fused-ring (bicyclic) bond motifs is 1. The second kappa shape index (κ2) is 6.67. The summed E-state index contributed by atoms with van der Waals surface area (Å²) in [6.45, 7) is 4.92. The fourth-order valence-electron chi connectivity index (χ4n) is 4.56. The summed E-state index contributed by atoms with van der Waals surface area (Å²) >= 11 is 0. The molecule has 3 N–H and O–H groups in total. The Bertz CT molecular complexity index is 586. The van der Waals surface area contributed by atoms with Crippen LogP contribution in [0.15, 0.2) is 18.2 Å². The van der Waals surface area contributed by atoms with Gasteiger partial charge in [0, 0.05) is 30.7 Å². The van der Waals surface area contributed by atoms with Gasteiger partial charge in [0.15, 0.2) is 0 Å². The number of hydrogen-bond acceptors (Lipinski definition) is 4. The van der Waals surface area contributed by atoms with Crippen molar-refractivity contribution in [3.63, 3.8) is 0 Å². The summed E-state index contributed by atoms with van der Waals surface area (Å²) in [7, 11) is 0. The molecule has 6 heteroatoms. The molecule has 24 heavy (non-hydrogen) atoms. The van der Waals surface area contributed by atoms with Crippen LogP contribution >= 0.6 is 0 Å². The van der Waals surface area contributed by atoms with Crippen molar-refractivity contribution in [2.45, 2.75) is 31.0 Å². The van der Waals surface area contributed by atoms with Crippen molar-refractivity contribution in [3.05, 3.63) is 35.4 Å². The van der Waals surface area contributed by atoms with Crippen LogP contribution in [0.4, 0.5) is 8.78 Å². The van der Waals surface area contributed by atoms with Crippen molar-refractivity contribution in [1.82, 2.24) is 10.2 Å². The molecule has 3 aliphatic heterocycles. The van der Waals surface area contributed by atoms with Crippen molar-refractivity contribution in [1.29, 1.82) is 0 Å². The van der Waals surface area contributed by atoms with Gasteiger partial charge in [-0.1, -0.05) is 0 Å². The Labute approximate surface area is 141 Å². The van der Waals surface area contributed by atoms with Crippen molar-refractivity contribution in [3.8, 4) is 0 Å². The van der Waals surface area contributed by atoms with Crippen LogP contribution in [0, 0.1) is 23.5 Å². The second-order valence-corrected chi connectivity index (χ2v) is 7.44. The molecule has 3 fully saturated rings. The van der Waals surface area contributed by atoms with Gasteiger partial charge in [0.05, 0.1) is 6.61 Å². The molecule has 0 saturated carbocycles. The van der Waals surface area contributed by atoms with Crippen LogP contribution in [-0.4, -0.2) is 49.8 Å². The highest BCUT2D eigenvalue weighted by Crippen LogP contribution is 2.35. The molecule has 132 valence electrons. The molecule has 0 aliphatic carbocycles. The van der Waals surface area contributed by atoms with E-state index in [0.29, 0.717) is 12.5 Å². The SMILES string of the molecule is N[C@H]1C[C@@H](N2CC3CCNCC3C2)CO[C@@H]1c1cc(F)ccc1F. The highest BCUT2D eigenvalue weighted by molar-refractivity contribution is 5.23. The molecule has 0 bridgehead atoms. The van der Waals surface area contributed by atoms with Gasteiger partial charge in [-0.05, 0) is 56.0 Å². The van der Waals surface area contributed by atoms with E-state index in [-0.39, 0.29) is 17.6 Å². The third-order valence-electron chi connectivity index (χ3n) is 5.89. The van der Waals surface area contributed by atoms with E-state index in [1.54, 1.807) is 0 Å². The van der Waals surface area contributed by atoms with Gasteiger partial charge in [-0.25, -0.2) is 8.78 Å². The highest BCUT2D eigenvalue weighted by atomic mass is 19.1. The third-order valence-corrected chi connectivity index (χ3v) is 5.89. The van der Waals surface area contributed by atoms with Crippen molar-refractivity contribution in [2.75, 3.05) is 32.8 Å². The lowest BCUT2D eigenvalue weighted by Crippen LogP contribution is -2.48. The molecular weight excluding hydrogens is 312 g/mol. The quantitative estimate of drug-likeness (QED) is 0.862. The molecule has 2 unspecified atom stereocenters. The van der Waals surface area contributed by atoms with Gasteiger partial charge in [-0.15, -0.1) is 0 Å². The van der Waals surface area contributed by atoms with Crippen LogP contribution in [0.5, 0.6) is 0 Å². The first kappa shape index (κ1) is 16.4. The molecule has 0 amide bonds. The first-order chi connectivity index (χ1) is 11.6. The maximum absolute atomic E-state index is 14.0. The Morgan fingerprint density at radius 2 is 2.04 bits per heavy atom. The lowest BCUT2D eigenvalue weighted by Gasteiger charge is -2.39. The minimum Gasteiger partial charge on any atom is -0.370 e. The summed E-state index contributed by atoms with van der Waals surface area (Å²) in [5, 5.41) is 3.47. The van der Waals surface area contributed by atoms with Gasteiger partial charge in [-0.2, -0.15) is 0 Å². The van der Waals surface area contributed by atoms with E-state index < -0.39 is 17.7 Å². The number of hydrogen-bond donors (Lipinski definition) is 2. The summed E-state index contributed by atoms with van der Waals surface area (Å²) in [5.74, 6) is 0.572. The van der Waals surface area contributed by atoms with Gasteiger partial charge in [0.25, 0.3) is 0 Å². The van der Waals surface area contributed by atoms with Crippen molar-refractivity contribution >= 4 is 0 Å². The summed E-state index contributed by atoms with van der Waals surface area (Å²) < 4.78 is 33.4. The van der Waals surface area contributed by atoms with Crippen LogP contribution < -0.4 is 11.1 Å². The Kier molecular flexibility index (Phi) is 4.56. The minimum atomic E-state index is -0.566. The number of likely N-dealkylation sites (tertiary alicyclic amines) is 1. The first-order valence-corrected chi connectivity index (χ1v) is 8.88. The lowest BCUT2D eigenvalue weighted by atomic mass is 9.90. The van der Waals surface area contributed by atoms with E-state index in [1.165, 1.54) is 12.5 Å². The monoisotopic (exact) mass is 337 g/mol. The number of halogens is 2. The van der Waals surface area contributed by atoms with Gasteiger partial charge in [0.2, 0.25) is 0 Å². The Morgan fingerprint density at radius 3 is 2.83 bits per heavy atom. The summed E-state index contributed by atoms with van der Waals surface area (Å²) in [6, 6.07) is 3.43. The van der Waals surface area contributed by atoms with Crippen LogP contribution in [0.2, 0.25) is 0 Å². The van der Waals surface area contributed by atoms with E-state index in [1.807, 2.05) is 0 Å². The van der Waals surface area contributed by atoms with Crippen LogP contribution in [0.1, 0.15) is 24.5 Å². The maximum atomic E-state index is 14.0. The molecule has 1 aromatic rings. The fourth-order valence-corrected chi connectivity index (χ4v) is 4.56. The predicted molar refractivity (Wildman–Crippen MR) is 87.5 cm³/mol. The van der Waals surface area contributed by atoms with Crippen molar-refractivity contribution < 1.29 is 13.5 Å². The molecule has 3 heterocycles. The zero-order valence-corrected chi connectivity index (χ0v) is 13.8. The number of piperidine rings is 1. The molecule has 4 rings (SSSR count). The molecule has 0 aromatic heterocycles. The van der Waals surface area contributed by atoms with Crippen LogP contribution in [-0.2, 0) is 4.74 Å². The first-order valence-electron chi connectivity index (χ1n) is 8.88. The summed E-state index contributed by atoms with van der Waals surface area (Å²) in [4.78, 5) is 2.49. The number of nitrogens with zero attached hydrogens (tertiary/aromatic N) is 1. The van der Waals surface area contributed by atoms with E-state index >= 15 is 0 Å². The molecule has 1 aromatic carbocycles. The Balaban J connectivity index is 1.42. The van der Waals surface area contributed by atoms with E-state index in [0.717, 1.165) is 50.7 Å². The molecule has 5 atom stereocenters. The van der Waals surface area contributed by atoms with E-state index in [9.17, 15) is 8.78 Å². The molecule has 3 aliphatic rings. The van der Waals surface area contributed by atoms with Gasteiger partial charge < -0.3 is 15.8 Å². The number of ether oxygens (including phenoxy) is 1. The maximum Gasteiger partial charge on any atom is 0.129 e. The number of nitrogens with one attached hydrogen (secondary N) is 1. The standard InChI is InChI=1S/C18H25F2N3O/c19-13-1-2-16(20)15(5-13)18-17(21)6-14(10-24-18)23-8-11-3-4-22-7-12(11)9-23/h1-2,5,11-12,14,17-18,22H,3-4,6-10,21H2/t11?,12?,14-,17+,18-/m1/s1. The summed E-state index contributed by atoms with van der Waals surface area (Å²) in [6.07, 6.45) is 1.43. The largest absolute Gasteiger partial charge is 0.370 e. The molecular formula is C18H25F2N3O. The molecule has 0 radical (unpaired) electrons. The highest BCUT2D eigenvalue weighted by Gasteiger charge is 2.40. The predicted octanol–water partition coefficient (Wildman–Crippen LogP) is 1.66. The Hall–Kier alpha value is -1.08. The topological polar surface area (TPSA) is 50.5 Å². The average molecular weight is 337 g/mol. The van der Waals surface area contributed by atoms with Gasteiger partial charge >= 0.3 is 0 Å². The average Bonchev–Trinajstić information content (AvgIpc) is 3.01. The zero-order chi connectivity index (χ0) is 16.7. The third kappa shape index (κ3) is 3.08.